The van der Waals surface area contributed by atoms with Crippen LogP contribution in [0.25, 0.3) is 0 Å². The molecular weight excluding hydrogens is 282 g/mol. The number of halogens is 1. The van der Waals surface area contributed by atoms with E-state index >= 15 is 0 Å². The number of carboxylic acids is 1. The first-order valence-electron chi connectivity index (χ1n) is 6.20. The Morgan fingerprint density at radius 1 is 1.35 bits per heavy atom. The van der Waals surface area contributed by atoms with Crippen LogP contribution in [-0.2, 0) is 9.59 Å². The smallest absolute Gasteiger partial charge is 0.305 e. The first-order chi connectivity index (χ1) is 9.29. The second kappa shape index (κ2) is 7.14. The number of hydrogen-bond acceptors (Lipinski definition) is 3. The predicted octanol–water partition coefficient (Wildman–Crippen LogP) is 2.32. The van der Waals surface area contributed by atoms with Gasteiger partial charge >= 0.3 is 5.97 Å². The van der Waals surface area contributed by atoms with Crippen molar-refractivity contribution in [2.24, 2.45) is 0 Å². The van der Waals surface area contributed by atoms with E-state index in [1.54, 1.807) is 19.1 Å². The lowest BCUT2D eigenvalue weighted by molar-refractivity contribution is -0.137. The minimum Gasteiger partial charge on any atom is -0.484 e. The number of hydrogen-bond donors (Lipinski definition) is 2. The molecule has 0 radical (unpaired) electrons. The SMILES string of the molecule is Cc1cc(OCC(=O)NC(C)CC(=O)O)cc(C)c1Cl. The molecule has 1 atom stereocenters. The molecule has 2 N–H and O–H groups in total. The average Bonchev–Trinajstić information content (AvgIpc) is 2.32. The Morgan fingerprint density at radius 3 is 2.40 bits per heavy atom. The van der Waals surface area contributed by atoms with Crippen LogP contribution in [0.5, 0.6) is 5.75 Å². The predicted molar refractivity (Wildman–Crippen MR) is 76.3 cm³/mol. The monoisotopic (exact) mass is 299 g/mol. The summed E-state index contributed by atoms with van der Waals surface area (Å²) in [6.45, 7) is 5.18. The molecule has 6 heteroatoms. The summed E-state index contributed by atoms with van der Waals surface area (Å²) in [6.07, 6.45) is -0.120. The highest BCUT2D eigenvalue weighted by molar-refractivity contribution is 6.32. The second-order valence-electron chi connectivity index (χ2n) is 4.73. The van der Waals surface area contributed by atoms with Gasteiger partial charge < -0.3 is 15.2 Å². The highest BCUT2D eigenvalue weighted by Gasteiger charge is 2.12. The van der Waals surface area contributed by atoms with Gasteiger partial charge in [0.2, 0.25) is 0 Å². The highest BCUT2D eigenvalue weighted by atomic mass is 35.5. The molecule has 0 saturated heterocycles. The van der Waals surface area contributed by atoms with E-state index in [1.807, 2.05) is 13.8 Å². The lowest BCUT2D eigenvalue weighted by Gasteiger charge is -2.13. The van der Waals surface area contributed by atoms with Crippen molar-refractivity contribution in [2.75, 3.05) is 6.61 Å². The fourth-order valence-electron chi connectivity index (χ4n) is 1.77. The molecule has 20 heavy (non-hydrogen) atoms. The lowest BCUT2D eigenvalue weighted by atomic mass is 10.1. The van der Waals surface area contributed by atoms with E-state index in [2.05, 4.69) is 5.32 Å². The Labute approximate surface area is 122 Å². The zero-order valence-electron chi connectivity index (χ0n) is 11.7. The molecule has 1 unspecified atom stereocenters. The minimum absolute atomic E-state index is 0.120. The average molecular weight is 300 g/mol. The van der Waals surface area contributed by atoms with Gasteiger partial charge in [0, 0.05) is 11.1 Å². The summed E-state index contributed by atoms with van der Waals surface area (Å²) >= 11 is 6.04. The third-order valence-corrected chi connectivity index (χ3v) is 3.26. The number of aliphatic carboxylic acids is 1. The zero-order chi connectivity index (χ0) is 15.3. The van der Waals surface area contributed by atoms with Crippen LogP contribution in [0.3, 0.4) is 0 Å². The molecule has 0 fully saturated rings. The van der Waals surface area contributed by atoms with Crippen LogP contribution in [0, 0.1) is 13.8 Å². The molecule has 0 heterocycles. The highest BCUT2D eigenvalue weighted by Crippen LogP contribution is 2.25. The number of nitrogens with one attached hydrogen (secondary N) is 1. The molecule has 0 aliphatic heterocycles. The zero-order valence-corrected chi connectivity index (χ0v) is 12.5. The van der Waals surface area contributed by atoms with E-state index in [-0.39, 0.29) is 18.9 Å². The molecule has 1 rings (SSSR count). The number of aryl methyl sites for hydroxylation is 2. The largest absolute Gasteiger partial charge is 0.484 e. The van der Waals surface area contributed by atoms with Crippen LogP contribution < -0.4 is 10.1 Å². The van der Waals surface area contributed by atoms with E-state index in [0.29, 0.717) is 10.8 Å². The number of amides is 1. The van der Waals surface area contributed by atoms with E-state index < -0.39 is 12.0 Å². The summed E-state index contributed by atoms with van der Waals surface area (Å²) in [4.78, 5) is 22.1. The van der Waals surface area contributed by atoms with E-state index in [4.69, 9.17) is 21.4 Å². The molecule has 0 spiro atoms. The number of carboxylic acid groups (broad SMARTS) is 1. The van der Waals surface area contributed by atoms with Gasteiger partial charge in [-0.2, -0.15) is 0 Å². The Bertz CT molecular complexity index is 493. The molecule has 0 saturated carbocycles. The van der Waals surface area contributed by atoms with Gasteiger partial charge in [-0.3, -0.25) is 9.59 Å². The molecule has 0 aliphatic carbocycles. The van der Waals surface area contributed by atoms with Crippen LogP contribution in [-0.4, -0.2) is 29.6 Å². The van der Waals surface area contributed by atoms with Crippen molar-refractivity contribution in [3.8, 4) is 5.75 Å². The number of ether oxygens (including phenoxy) is 1. The fraction of sp³-hybridized carbons (Fsp3) is 0.429. The van der Waals surface area contributed by atoms with Crippen molar-refractivity contribution < 1.29 is 19.4 Å². The summed E-state index contributed by atoms with van der Waals surface area (Å²) in [6, 6.07) is 3.07. The van der Waals surface area contributed by atoms with Gasteiger partial charge in [-0.15, -0.1) is 0 Å². The number of carbonyl (C=O) groups excluding carboxylic acids is 1. The maximum absolute atomic E-state index is 11.6. The molecule has 1 aromatic carbocycles. The van der Waals surface area contributed by atoms with Crippen molar-refractivity contribution in [3.63, 3.8) is 0 Å². The summed E-state index contributed by atoms with van der Waals surface area (Å²) in [7, 11) is 0. The number of rotatable bonds is 6. The van der Waals surface area contributed by atoms with Gasteiger partial charge in [-0.25, -0.2) is 0 Å². The molecule has 5 nitrogen and oxygen atoms in total. The molecule has 110 valence electrons. The maximum atomic E-state index is 11.6. The summed E-state index contributed by atoms with van der Waals surface area (Å²) < 4.78 is 5.37. The van der Waals surface area contributed by atoms with E-state index in [1.165, 1.54) is 0 Å². The Morgan fingerprint density at radius 2 is 1.90 bits per heavy atom. The molecule has 1 amide bonds. The fourth-order valence-corrected chi connectivity index (χ4v) is 1.88. The van der Waals surface area contributed by atoms with Crippen molar-refractivity contribution >= 4 is 23.5 Å². The Kier molecular flexibility index (Phi) is 5.82. The quantitative estimate of drug-likeness (QED) is 0.845. The third-order valence-electron chi connectivity index (χ3n) is 2.67. The number of benzene rings is 1. The maximum Gasteiger partial charge on any atom is 0.305 e. The molecular formula is C14H18ClNO4. The van der Waals surface area contributed by atoms with Gasteiger partial charge in [0.25, 0.3) is 5.91 Å². The van der Waals surface area contributed by atoms with Crippen molar-refractivity contribution in [2.45, 2.75) is 33.2 Å². The summed E-state index contributed by atoms with van der Waals surface area (Å²) in [5, 5.41) is 11.8. The van der Waals surface area contributed by atoms with Crippen molar-refractivity contribution in [3.05, 3.63) is 28.3 Å². The lowest BCUT2D eigenvalue weighted by Crippen LogP contribution is -2.37. The van der Waals surface area contributed by atoms with Crippen molar-refractivity contribution in [1.82, 2.24) is 5.32 Å². The molecule has 0 aromatic heterocycles. The van der Waals surface area contributed by atoms with Gasteiger partial charge in [0.15, 0.2) is 6.61 Å². The van der Waals surface area contributed by atoms with Gasteiger partial charge in [0.05, 0.1) is 6.42 Å². The number of carbonyl (C=O) groups is 2. The first kappa shape index (κ1) is 16.3. The standard InChI is InChI=1S/C14H18ClNO4/c1-8-4-11(5-9(2)14(8)15)20-7-12(17)16-10(3)6-13(18)19/h4-5,10H,6-7H2,1-3H3,(H,16,17)(H,18,19). The second-order valence-corrected chi connectivity index (χ2v) is 5.10. The van der Waals surface area contributed by atoms with Crippen LogP contribution in [0.4, 0.5) is 0 Å². The van der Waals surface area contributed by atoms with Crippen LogP contribution in [0.2, 0.25) is 5.02 Å². The van der Waals surface area contributed by atoms with Crippen LogP contribution in [0.15, 0.2) is 12.1 Å². The first-order valence-corrected chi connectivity index (χ1v) is 6.58. The Balaban J connectivity index is 2.51. The molecule has 0 bridgehead atoms. The topological polar surface area (TPSA) is 75.6 Å². The minimum atomic E-state index is -0.956. The van der Waals surface area contributed by atoms with E-state index in [9.17, 15) is 9.59 Å². The normalized spacial score (nSPS) is 11.8. The van der Waals surface area contributed by atoms with Gasteiger partial charge in [-0.1, -0.05) is 11.6 Å². The summed E-state index contributed by atoms with van der Waals surface area (Å²) in [5.74, 6) is -0.753. The van der Waals surface area contributed by atoms with Gasteiger partial charge in [-0.05, 0) is 44.0 Å². The molecule has 1 aromatic rings. The van der Waals surface area contributed by atoms with Crippen molar-refractivity contribution in [1.29, 1.82) is 0 Å². The van der Waals surface area contributed by atoms with Gasteiger partial charge in [0.1, 0.15) is 5.75 Å². The van der Waals surface area contributed by atoms with Crippen LogP contribution in [0.1, 0.15) is 24.5 Å². The summed E-state index contributed by atoms with van der Waals surface area (Å²) in [5.41, 5.74) is 1.75. The molecule has 0 aliphatic rings. The third kappa shape index (κ3) is 5.09. The van der Waals surface area contributed by atoms with Crippen LogP contribution >= 0.6 is 11.6 Å². The Hall–Kier alpha value is -1.75. The van der Waals surface area contributed by atoms with E-state index in [0.717, 1.165) is 11.1 Å².